The van der Waals surface area contributed by atoms with Crippen LogP contribution in [-0.4, -0.2) is 24.1 Å². The van der Waals surface area contributed by atoms with Crippen molar-refractivity contribution in [2.24, 2.45) is 0 Å². The fraction of sp³-hybridized carbons (Fsp3) is 0.214. The molecule has 2 rings (SSSR count). The second kappa shape index (κ2) is 6.08. The molecule has 0 unspecified atom stereocenters. The van der Waals surface area contributed by atoms with Crippen LogP contribution in [0.3, 0.4) is 0 Å². The standard InChI is InChI=1S/C14H16N4O3/c1-17(9-10-4-3-5-11(8-10)21-2)14-12(18(19)20)6-7-13(15)16-14/h3-8H,9H2,1-2H3,(H2,15,16). The van der Waals surface area contributed by atoms with E-state index in [0.717, 1.165) is 11.3 Å². The zero-order chi connectivity index (χ0) is 15.4. The number of hydrogen-bond acceptors (Lipinski definition) is 6. The van der Waals surface area contributed by atoms with Gasteiger partial charge in [0.05, 0.1) is 12.0 Å². The van der Waals surface area contributed by atoms with Gasteiger partial charge in [0.15, 0.2) is 0 Å². The van der Waals surface area contributed by atoms with Crippen molar-refractivity contribution < 1.29 is 9.66 Å². The van der Waals surface area contributed by atoms with Gasteiger partial charge in [0, 0.05) is 19.7 Å². The van der Waals surface area contributed by atoms with Gasteiger partial charge in [-0.15, -0.1) is 0 Å². The number of anilines is 2. The van der Waals surface area contributed by atoms with Gasteiger partial charge in [-0.1, -0.05) is 12.1 Å². The Balaban J connectivity index is 2.29. The van der Waals surface area contributed by atoms with E-state index in [0.29, 0.717) is 6.54 Å². The molecule has 21 heavy (non-hydrogen) atoms. The normalized spacial score (nSPS) is 10.2. The summed E-state index contributed by atoms with van der Waals surface area (Å²) in [5.74, 6) is 1.21. The van der Waals surface area contributed by atoms with E-state index in [9.17, 15) is 10.1 Å². The van der Waals surface area contributed by atoms with Gasteiger partial charge in [0.1, 0.15) is 11.6 Å². The van der Waals surface area contributed by atoms with Crippen molar-refractivity contribution in [1.29, 1.82) is 0 Å². The van der Waals surface area contributed by atoms with E-state index in [-0.39, 0.29) is 17.3 Å². The molecule has 0 aliphatic carbocycles. The molecule has 0 saturated carbocycles. The van der Waals surface area contributed by atoms with Crippen molar-refractivity contribution in [3.8, 4) is 5.75 Å². The summed E-state index contributed by atoms with van der Waals surface area (Å²) in [4.78, 5) is 16.3. The molecule has 0 amide bonds. The van der Waals surface area contributed by atoms with Crippen molar-refractivity contribution in [2.75, 3.05) is 24.8 Å². The first-order valence-electron chi connectivity index (χ1n) is 6.26. The Kier molecular flexibility index (Phi) is 4.22. The number of benzene rings is 1. The summed E-state index contributed by atoms with van der Waals surface area (Å²) in [6.45, 7) is 0.453. The predicted octanol–water partition coefficient (Wildman–Crippen LogP) is 2.22. The summed E-state index contributed by atoms with van der Waals surface area (Å²) in [7, 11) is 3.32. The number of pyridine rings is 1. The Labute approximate surface area is 122 Å². The summed E-state index contributed by atoms with van der Waals surface area (Å²) >= 11 is 0. The third-order valence-electron chi connectivity index (χ3n) is 2.99. The van der Waals surface area contributed by atoms with Crippen molar-refractivity contribution in [1.82, 2.24) is 4.98 Å². The quantitative estimate of drug-likeness (QED) is 0.669. The van der Waals surface area contributed by atoms with Crippen LogP contribution in [0.2, 0.25) is 0 Å². The average molecular weight is 288 g/mol. The fourth-order valence-electron chi connectivity index (χ4n) is 2.00. The Bertz CT molecular complexity index is 660. The van der Waals surface area contributed by atoms with E-state index < -0.39 is 4.92 Å². The lowest BCUT2D eigenvalue weighted by molar-refractivity contribution is -0.384. The number of nitro groups is 1. The van der Waals surface area contributed by atoms with Gasteiger partial charge in [0.2, 0.25) is 5.82 Å². The lowest BCUT2D eigenvalue weighted by atomic mass is 10.2. The molecule has 0 fully saturated rings. The van der Waals surface area contributed by atoms with Crippen LogP contribution in [0.25, 0.3) is 0 Å². The number of nitrogens with two attached hydrogens (primary N) is 1. The van der Waals surface area contributed by atoms with E-state index in [1.165, 1.54) is 12.1 Å². The van der Waals surface area contributed by atoms with Gasteiger partial charge in [-0.2, -0.15) is 0 Å². The Morgan fingerprint density at radius 2 is 2.14 bits per heavy atom. The maximum Gasteiger partial charge on any atom is 0.311 e. The fourth-order valence-corrected chi connectivity index (χ4v) is 2.00. The summed E-state index contributed by atoms with van der Waals surface area (Å²) in [6.07, 6.45) is 0. The number of methoxy groups -OCH3 is 1. The van der Waals surface area contributed by atoms with Crippen molar-refractivity contribution in [3.63, 3.8) is 0 Å². The molecule has 0 saturated heterocycles. The van der Waals surface area contributed by atoms with Crippen LogP contribution >= 0.6 is 0 Å². The first kappa shape index (κ1) is 14.6. The predicted molar refractivity (Wildman–Crippen MR) is 80.4 cm³/mol. The molecule has 0 bridgehead atoms. The second-order valence-electron chi connectivity index (χ2n) is 4.54. The minimum atomic E-state index is -0.468. The van der Waals surface area contributed by atoms with E-state index in [4.69, 9.17) is 10.5 Å². The lowest BCUT2D eigenvalue weighted by Gasteiger charge is -2.18. The third kappa shape index (κ3) is 3.38. The van der Waals surface area contributed by atoms with E-state index in [1.54, 1.807) is 19.1 Å². The van der Waals surface area contributed by atoms with Gasteiger partial charge >= 0.3 is 5.69 Å². The number of ether oxygens (including phenoxy) is 1. The Hall–Kier alpha value is -2.83. The second-order valence-corrected chi connectivity index (χ2v) is 4.54. The zero-order valence-electron chi connectivity index (χ0n) is 11.8. The van der Waals surface area contributed by atoms with Crippen LogP contribution in [0.5, 0.6) is 5.75 Å². The molecule has 7 nitrogen and oxygen atoms in total. The van der Waals surface area contributed by atoms with E-state index in [1.807, 2.05) is 24.3 Å². The highest BCUT2D eigenvalue weighted by molar-refractivity contribution is 5.60. The lowest BCUT2D eigenvalue weighted by Crippen LogP contribution is -2.19. The minimum Gasteiger partial charge on any atom is -0.497 e. The summed E-state index contributed by atoms with van der Waals surface area (Å²) < 4.78 is 5.16. The number of hydrogen-bond donors (Lipinski definition) is 1. The molecule has 0 aliphatic rings. The van der Waals surface area contributed by atoms with Gasteiger partial charge < -0.3 is 15.4 Å². The molecule has 0 spiro atoms. The van der Waals surface area contributed by atoms with Crippen LogP contribution in [0.4, 0.5) is 17.3 Å². The molecule has 7 heteroatoms. The number of rotatable bonds is 5. The molecule has 0 radical (unpaired) electrons. The average Bonchev–Trinajstić information content (AvgIpc) is 2.47. The van der Waals surface area contributed by atoms with Crippen molar-refractivity contribution >= 4 is 17.3 Å². The van der Waals surface area contributed by atoms with Crippen molar-refractivity contribution in [2.45, 2.75) is 6.54 Å². The first-order chi connectivity index (χ1) is 10.0. The molecule has 1 heterocycles. The maximum absolute atomic E-state index is 11.1. The third-order valence-corrected chi connectivity index (χ3v) is 2.99. The molecule has 1 aromatic heterocycles. The summed E-state index contributed by atoms with van der Waals surface area (Å²) in [5.41, 5.74) is 6.50. The van der Waals surface area contributed by atoms with Gasteiger partial charge in [0.25, 0.3) is 0 Å². The first-order valence-corrected chi connectivity index (χ1v) is 6.26. The molecule has 2 N–H and O–H groups in total. The Morgan fingerprint density at radius 3 is 2.81 bits per heavy atom. The van der Waals surface area contributed by atoms with Gasteiger partial charge in [-0.3, -0.25) is 10.1 Å². The molecular formula is C14H16N4O3. The van der Waals surface area contributed by atoms with Crippen LogP contribution < -0.4 is 15.4 Å². The molecule has 1 aromatic carbocycles. The SMILES string of the molecule is COc1cccc(CN(C)c2nc(N)ccc2[N+](=O)[O-])c1. The van der Waals surface area contributed by atoms with Gasteiger partial charge in [-0.05, 0) is 23.8 Å². The van der Waals surface area contributed by atoms with Crippen LogP contribution in [0.1, 0.15) is 5.56 Å². The minimum absolute atomic E-state index is 0.0744. The summed E-state index contributed by atoms with van der Waals surface area (Å²) in [6, 6.07) is 10.3. The van der Waals surface area contributed by atoms with Crippen LogP contribution in [0.15, 0.2) is 36.4 Å². The summed E-state index contributed by atoms with van der Waals surface area (Å²) in [5, 5.41) is 11.1. The molecule has 2 aromatic rings. The number of aromatic nitrogens is 1. The monoisotopic (exact) mass is 288 g/mol. The maximum atomic E-state index is 11.1. The highest BCUT2D eigenvalue weighted by Gasteiger charge is 2.19. The molecule has 0 atom stereocenters. The Morgan fingerprint density at radius 1 is 1.38 bits per heavy atom. The highest BCUT2D eigenvalue weighted by Crippen LogP contribution is 2.27. The number of nitrogens with zero attached hydrogens (tertiary/aromatic N) is 3. The highest BCUT2D eigenvalue weighted by atomic mass is 16.6. The molecular weight excluding hydrogens is 272 g/mol. The van der Waals surface area contributed by atoms with E-state index >= 15 is 0 Å². The van der Waals surface area contributed by atoms with Gasteiger partial charge in [-0.25, -0.2) is 4.98 Å². The van der Waals surface area contributed by atoms with E-state index in [2.05, 4.69) is 4.98 Å². The topological polar surface area (TPSA) is 94.5 Å². The smallest absolute Gasteiger partial charge is 0.311 e. The number of nitrogen functional groups attached to an aromatic ring is 1. The zero-order valence-corrected chi connectivity index (χ0v) is 11.8. The molecule has 0 aliphatic heterocycles. The van der Waals surface area contributed by atoms with Crippen LogP contribution in [0, 0.1) is 10.1 Å². The molecule has 110 valence electrons. The largest absolute Gasteiger partial charge is 0.497 e. The van der Waals surface area contributed by atoms with Crippen molar-refractivity contribution in [3.05, 3.63) is 52.1 Å². The van der Waals surface area contributed by atoms with Crippen LogP contribution in [-0.2, 0) is 6.54 Å².